The first-order valence-electron chi connectivity index (χ1n) is 13.4. The maximum absolute atomic E-state index is 13.9. The Hall–Kier alpha value is -3.87. The fourth-order valence-corrected chi connectivity index (χ4v) is 4.99. The molecule has 3 aromatic rings. The Balaban J connectivity index is 1.67. The second-order valence-corrected chi connectivity index (χ2v) is 10.5. The van der Waals surface area contributed by atoms with E-state index in [4.69, 9.17) is 28.1 Å². The summed E-state index contributed by atoms with van der Waals surface area (Å²) in [5.74, 6) is -3.70. The molecule has 0 spiro atoms. The molecule has 16 nitrogen and oxygen atoms in total. The summed E-state index contributed by atoms with van der Waals surface area (Å²) in [6.45, 7) is 2.82. The SMILES string of the molecule is COc1c(O[C@H]2O[C@@H](C)[C@H](O)[C@H](O)[C@@H]2O)cc2oc(-c3ccc(O)c(O)c3)c(O[C@@H]3O[C@@H](C)[C@H](O)[C@H](O)[C@@H]3O)c(=O)c2c1O. The molecule has 0 bridgehead atoms. The minimum atomic E-state index is -1.84. The molecule has 3 heterocycles. The number of phenols is 3. The van der Waals surface area contributed by atoms with Crippen molar-refractivity contribution in [2.75, 3.05) is 7.11 Å². The highest BCUT2D eigenvalue weighted by Crippen LogP contribution is 2.45. The van der Waals surface area contributed by atoms with E-state index >= 15 is 0 Å². The van der Waals surface area contributed by atoms with Gasteiger partial charge in [0.25, 0.3) is 0 Å². The minimum absolute atomic E-state index is 0.0250. The topological polar surface area (TPSA) is 258 Å². The zero-order chi connectivity index (χ0) is 32.2. The third kappa shape index (κ3) is 5.35. The highest BCUT2D eigenvalue weighted by molar-refractivity contribution is 5.91. The lowest BCUT2D eigenvalue weighted by Crippen LogP contribution is -2.58. The number of ether oxygens (including phenoxy) is 5. The summed E-state index contributed by atoms with van der Waals surface area (Å²) in [7, 11) is 1.14. The van der Waals surface area contributed by atoms with E-state index in [0.29, 0.717) is 0 Å². The molecule has 2 aromatic carbocycles. The molecule has 2 aliphatic heterocycles. The zero-order valence-electron chi connectivity index (χ0n) is 23.5. The van der Waals surface area contributed by atoms with Gasteiger partial charge in [0.15, 0.2) is 28.8 Å². The van der Waals surface area contributed by atoms with Gasteiger partial charge in [-0.2, -0.15) is 0 Å². The maximum atomic E-state index is 13.9. The molecule has 2 fully saturated rings. The van der Waals surface area contributed by atoms with Crippen molar-refractivity contribution in [3.8, 4) is 45.8 Å². The quantitative estimate of drug-likeness (QED) is 0.149. The third-order valence-electron chi connectivity index (χ3n) is 7.57. The van der Waals surface area contributed by atoms with Crippen LogP contribution in [0.4, 0.5) is 0 Å². The van der Waals surface area contributed by atoms with Crippen LogP contribution >= 0.6 is 0 Å². The number of hydrogen-bond acceptors (Lipinski definition) is 16. The standard InChI is InChI=1S/C28H32O16/c1-8-16(31)20(35)22(37)27(40-8)43-14-7-13-15(18(33)25(14)39-3)19(34)26(24(42-13)10-4-5-11(29)12(30)6-10)44-28-23(38)21(36)17(32)9(2)41-28/h4-9,16-17,20-23,27-33,35-38H,1-3H3/t8-,9-,16-,17-,20-,21-,22-,23-,27+,28-/m0/s1. The van der Waals surface area contributed by atoms with Crippen molar-refractivity contribution in [2.24, 2.45) is 0 Å². The second-order valence-electron chi connectivity index (χ2n) is 10.5. The number of benzene rings is 2. The van der Waals surface area contributed by atoms with Crippen molar-refractivity contribution in [3.05, 3.63) is 34.5 Å². The number of rotatable bonds is 6. The molecule has 9 N–H and O–H groups in total. The lowest BCUT2D eigenvalue weighted by atomic mass is 10.00. The molecular formula is C28H32O16. The summed E-state index contributed by atoms with van der Waals surface area (Å²) >= 11 is 0. The summed E-state index contributed by atoms with van der Waals surface area (Å²) in [4.78, 5) is 13.9. The van der Waals surface area contributed by atoms with Gasteiger partial charge < -0.3 is 74.1 Å². The molecule has 0 radical (unpaired) electrons. The van der Waals surface area contributed by atoms with Crippen LogP contribution in [0.15, 0.2) is 33.5 Å². The maximum Gasteiger partial charge on any atom is 0.239 e. The van der Waals surface area contributed by atoms with Gasteiger partial charge in [0.2, 0.25) is 29.5 Å². The van der Waals surface area contributed by atoms with Crippen LogP contribution in [0, 0.1) is 0 Å². The summed E-state index contributed by atoms with van der Waals surface area (Å²) in [6.07, 6.45) is -15.1. The van der Waals surface area contributed by atoms with E-state index in [1.165, 1.54) is 19.9 Å². The molecule has 240 valence electrons. The van der Waals surface area contributed by atoms with Gasteiger partial charge in [-0.1, -0.05) is 0 Å². The largest absolute Gasteiger partial charge is 0.504 e. The van der Waals surface area contributed by atoms with E-state index in [1.807, 2.05) is 0 Å². The van der Waals surface area contributed by atoms with Crippen LogP contribution in [0.3, 0.4) is 0 Å². The van der Waals surface area contributed by atoms with Crippen molar-refractivity contribution in [3.63, 3.8) is 0 Å². The van der Waals surface area contributed by atoms with Gasteiger partial charge in [0, 0.05) is 11.6 Å². The molecule has 1 aromatic heterocycles. The molecule has 0 amide bonds. The van der Waals surface area contributed by atoms with E-state index < -0.39 is 107 Å². The van der Waals surface area contributed by atoms with Crippen LogP contribution in [0.1, 0.15) is 13.8 Å². The first kappa shape index (κ1) is 31.6. The number of aliphatic hydroxyl groups is 6. The number of hydrogen-bond donors (Lipinski definition) is 9. The molecule has 5 rings (SSSR count). The summed E-state index contributed by atoms with van der Waals surface area (Å²) < 4.78 is 33.5. The van der Waals surface area contributed by atoms with E-state index in [2.05, 4.69) is 0 Å². The summed E-state index contributed by atoms with van der Waals surface area (Å²) in [5, 5.41) is 92.0. The van der Waals surface area contributed by atoms with Gasteiger partial charge in [0.1, 0.15) is 47.6 Å². The van der Waals surface area contributed by atoms with Crippen LogP contribution in [-0.4, -0.2) is 114 Å². The van der Waals surface area contributed by atoms with Crippen molar-refractivity contribution in [2.45, 2.75) is 75.3 Å². The highest BCUT2D eigenvalue weighted by atomic mass is 16.7. The van der Waals surface area contributed by atoms with Gasteiger partial charge in [0.05, 0.1) is 19.3 Å². The Labute approximate surface area is 248 Å². The average Bonchev–Trinajstić information content (AvgIpc) is 2.98. The van der Waals surface area contributed by atoms with Gasteiger partial charge in [-0.3, -0.25) is 4.79 Å². The van der Waals surface area contributed by atoms with Crippen molar-refractivity contribution < 1.29 is 74.1 Å². The normalized spacial score (nSPS) is 32.4. The number of aliphatic hydroxyl groups excluding tert-OH is 6. The van der Waals surface area contributed by atoms with E-state index in [-0.39, 0.29) is 16.9 Å². The highest BCUT2D eigenvalue weighted by Gasteiger charge is 2.45. The predicted octanol–water partition coefficient (Wildman–Crippen LogP) is -1.00. The molecule has 2 aliphatic rings. The van der Waals surface area contributed by atoms with Crippen LogP contribution < -0.4 is 19.6 Å². The second kappa shape index (κ2) is 11.9. The molecule has 0 saturated carbocycles. The van der Waals surface area contributed by atoms with Crippen LogP contribution in [0.5, 0.6) is 34.5 Å². The lowest BCUT2D eigenvalue weighted by molar-refractivity contribution is -0.268. The Morgan fingerprint density at radius 3 is 1.82 bits per heavy atom. The van der Waals surface area contributed by atoms with Gasteiger partial charge in [-0.15, -0.1) is 0 Å². The molecule has 2 saturated heterocycles. The first-order valence-corrected chi connectivity index (χ1v) is 13.4. The van der Waals surface area contributed by atoms with Gasteiger partial charge in [-0.05, 0) is 32.0 Å². The van der Waals surface area contributed by atoms with E-state index in [9.17, 15) is 50.8 Å². The van der Waals surface area contributed by atoms with E-state index in [1.54, 1.807) is 0 Å². The Morgan fingerprint density at radius 1 is 0.705 bits per heavy atom. The fraction of sp³-hybridized carbons (Fsp3) is 0.464. The lowest BCUT2D eigenvalue weighted by Gasteiger charge is -2.39. The molecular weight excluding hydrogens is 592 g/mol. The minimum Gasteiger partial charge on any atom is -0.504 e. The molecule has 0 aliphatic carbocycles. The smallest absolute Gasteiger partial charge is 0.239 e. The van der Waals surface area contributed by atoms with Crippen LogP contribution in [0.2, 0.25) is 0 Å². The van der Waals surface area contributed by atoms with E-state index in [0.717, 1.165) is 25.3 Å². The zero-order valence-corrected chi connectivity index (χ0v) is 23.5. The molecule has 0 unspecified atom stereocenters. The van der Waals surface area contributed by atoms with Crippen molar-refractivity contribution in [1.82, 2.24) is 0 Å². The summed E-state index contributed by atoms with van der Waals surface area (Å²) in [6, 6.07) is 4.49. The summed E-state index contributed by atoms with van der Waals surface area (Å²) in [5.41, 5.74) is -1.41. The van der Waals surface area contributed by atoms with Crippen LogP contribution in [0.25, 0.3) is 22.3 Å². The number of phenolic OH excluding ortho intramolecular Hbond substituents is 3. The van der Waals surface area contributed by atoms with Gasteiger partial charge in [-0.25, -0.2) is 0 Å². The number of methoxy groups -OCH3 is 1. The fourth-order valence-electron chi connectivity index (χ4n) is 4.99. The molecule has 16 heteroatoms. The van der Waals surface area contributed by atoms with Crippen molar-refractivity contribution >= 4 is 11.0 Å². The predicted molar refractivity (Wildman–Crippen MR) is 145 cm³/mol. The third-order valence-corrected chi connectivity index (χ3v) is 7.57. The average molecular weight is 625 g/mol. The number of aromatic hydroxyl groups is 3. The first-order chi connectivity index (χ1) is 20.7. The van der Waals surface area contributed by atoms with Gasteiger partial charge >= 0.3 is 0 Å². The number of fused-ring (bicyclic) bond motifs is 1. The Kier molecular flexibility index (Phi) is 8.54. The Bertz CT molecular complexity index is 1590. The Morgan fingerprint density at radius 2 is 1.27 bits per heavy atom. The monoisotopic (exact) mass is 624 g/mol. The van der Waals surface area contributed by atoms with Crippen LogP contribution in [-0.2, 0) is 9.47 Å². The molecule has 10 atom stereocenters. The van der Waals surface area contributed by atoms with Crippen molar-refractivity contribution in [1.29, 1.82) is 0 Å². The molecule has 44 heavy (non-hydrogen) atoms.